The zero-order valence-corrected chi connectivity index (χ0v) is 15.7. The summed E-state index contributed by atoms with van der Waals surface area (Å²) in [6.45, 7) is 5.88. The first kappa shape index (κ1) is 20.5. The van der Waals surface area contributed by atoms with Crippen LogP contribution < -0.4 is 11.1 Å². The second kappa shape index (κ2) is 8.53. The minimum absolute atomic E-state index is 0. The minimum atomic E-state index is -0.277. The number of hydrogen-bond acceptors (Lipinski definition) is 3. The van der Waals surface area contributed by atoms with Crippen LogP contribution in [-0.4, -0.2) is 30.3 Å². The summed E-state index contributed by atoms with van der Waals surface area (Å²) < 4.78 is 0. The van der Waals surface area contributed by atoms with Gasteiger partial charge in [-0.25, -0.2) is 0 Å². The average Bonchev–Trinajstić information content (AvgIpc) is 2.50. The number of carbonyl (C=O) groups is 2. The van der Waals surface area contributed by atoms with Gasteiger partial charge < -0.3 is 16.0 Å². The predicted octanol–water partition coefficient (Wildman–Crippen LogP) is 3.33. The Morgan fingerprint density at radius 1 is 1.08 bits per heavy atom. The lowest BCUT2D eigenvalue weighted by Gasteiger charge is -2.19. The topological polar surface area (TPSA) is 75.4 Å². The van der Waals surface area contributed by atoms with Crippen molar-refractivity contribution in [1.82, 2.24) is 4.90 Å². The molecule has 0 aliphatic heterocycles. The highest BCUT2D eigenvalue weighted by Crippen LogP contribution is 2.22. The van der Waals surface area contributed by atoms with Crippen molar-refractivity contribution in [3.05, 3.63) is 58.7 Å². The zero-order chi connectivity index (χ0) is 17.9. The number of nitrogens with two attached hydrogens (primary N) is 1. The van der Waals surface area contributed by atoms with Gasteiger partial charge in [0.05, 0.1) is 12.1 Å². The molecule has 0 radical (unpaired) electrons. The van der Waals surface area contributed by atoms with Crippen molar-refractivity contribution in [2.75, 3.05) is 24.6 Å². The number of nitrogen functional groups attached to an aromatic ring is 1. The monoisotopic (exact) mass is 361 g/mol. The second-order valence-corrected chi connectivity index (χ2v) is 6.07. The van der Waals surface area contributed by atoms with Crippen LogP contribution in [0, 0.1) is 20.8 Å². The van der Waals surface area contributed by atoms with E-state index in [4.69, 9.17) is 5.73 Å². The molecule has 6 heteroatoms. The maximum absolute atomic E-state index is 12.4. The fourth-order valence-electron chi connectivity index (χ4n) is 2.74. The molecule has 0 spiro atoms. The normalized spacial score (nSPS) is 9.92. The summed E-state index contributed by atoms with van der Waals surface area (Å²) in [5, 5.41) is 2.89. The number of rotatable bonds is 4. The van der Waals surface area contributed by atoms with Crippen molar-refractivity contribution in [2.45, 2.75) is 20.8 Å². The highest BCUT2D eigenvalue weighted by atomic mass is 35.5. The highest BCUT2D eigenvalue weighted by molar-refractivity contribution is 6.02. The zero-order valence-electron chi connectivity index (χ0n) is 14.9. The van der Waals surface area contributed by atoms with E-state index in [0.717, 1.165) is 22.4 Å². The lowest BCUT2D eigenvalue weighted by atomic mass is 10.1. The Morgan fingerprint density at radius 2 is 1.64 bits per heavy atom. The number of likely N-dealkylation sites (N-methyl/N-ethyl adjacent to an activating group) is 1. The molecule has 0 atom stereocenters. The van der Waals surface area contributed by atoms with E-state index in [1.807, 2.05) is 32.9 Å². The number of hydrogen-bond donors (Lipinski definition) is 2. The molecular formula is C19H24ClN3O2. The smallest absolute Gasteiger partial charge is 0.256 e. The Morgan fingerprint density at radius 3 is 2.20 bits per heavy atom. The molecule has 0 aromatic heterocycles. The summed E-state index contributed by atoms with van der Waals surface area (Å²) >= 11 is 0. The molecule has 0 aliphatic rings. The lowest BCUT2D eigenvalue weighted by Crippen LogP contribution is -2.35. The van der Waals surface area contributed by atoms with Crippen molar-refractivity contribution in [3.8, 4) is 0 Å². The molecule has 0 bridgehead atoms. The van der Waals surface area contributed by atoms with Crippen molar-refractivity contribution >= 4 is 35.6 Å². The number of benzene rings is 2. The number of para-hydroxylation sites is 1. The average molecular weight is 362 g/mol. The van der Waals surface area contributed by atoms with E-state index < -0.39 is 0 Å². The van der Waals surface area contributed by atoms with E-state index in [0.29, 0.717) is 11.3 Å². The van der Waals surface area contributed by atoms with Crippen LogP contribution in [0.15, 0.2) is 36.4 Å². The Hall–Kier alpha value is -2.53. The summed E-state index contributed by atoms with van der Waals surface area (Å²) in [4.78, 5) is 26.1. The summed E-state index contributed by atoms with van der Waals surface area (Å²) in [5.41, 5.74) is 10.6. The van der Waals surface area contributed by atoms with Crippen LogP contribution >= 0.6 is 12.4 Å². The molecule has 134 valence electrons. The molecule has 0 aliphatic carbocycles. The first-order valence-electron chi connectivity index (χ1n) is 7.77. The maximum atomic E-state index is 12.4. The number of carbonyl (C=O) groups excluding carboxylic acids is 2. The Labute approximate surface area is 154 Å². The van der Waals surface area contributed by atoms with Crippen LogP contribution in [0.3, 0.4) is 0 Å². The molecule has 5 nitrogen and oxygen atoms in total. The molecule has 2 aromatic rings. The van der Waals surface area contributed by atoms with E-state index in [1.165, 1.54) is 4.90 Å². The molecule has 0 unspecified atom stereocenters. The SMILES string of the molecule is Cc1cc(C)c(NC(=O)CN(C)C(=O)c2ccccc2N)c(C)c1.Cl. The summed E-state index contributed by atoms with van der Waals surface area (Å²) in [7, 11) is 1.59. The molecule has 2 aromatic carbocycles. The van der Waals surface area contributed by atoms with Gasteiger partial charge in [-0.05, 0) is 44.0 Å². The Balaban J connectivity index is 0.00000312. The first-order chi connectivity index (χ1) is 11.3. The first-order valence-corrected chi connectivity index (χ1v) is 7.77. The van der Waals surface area contributed by atoms with E-state index >= 15 is 0 Å². The number of nitrogens with zero attached hydrogens (tertiary/aromatic N) is 1. The minimum Gasteiger partial charge on any atom is -0.398 e. The van der Waals surface area contributed by atoms with Crippen LogP contribution in [-0.2, 0) is 4.79 Å². The Bertz CT molecular complexity index is 767. The molecular weight excluding hydrogens is 338 g/mol. The Kier molecular flexibility index (Phi) is 7.00. The fraction of sp³-hybridized carbons (Fsp3) is 0.263. The van der Waals surface area contributed by atoms with Gasteiger partial charge in [0.1, 0.15) is 0 Å². The summed E-state index contributed by atoms with van der Waals surface area (Å²) in [6.07, 6.45) is 0. The van der Waals surface area contributed by atoms with E-state index in [2.05, 4.69) is 5.32 Å². The number of aryl methyl sites for hydroxylation is 3. The van der Waals surface area contributed by atoms with Gasteiger partial charge in [-0.15, -0.1) is 12.4 Å². The van der Waals surface area contributed by atoms with Gasteiger partial charge >= 0.3 is 0 Å². The summed E-state index contributed by atoms with van der Waals surface area (Å²) in [5.74, 6) is -0.518. The largest absolute Gasteiger partial charge is 0.398 e. The standard InChI is InChI=1S/C19H23N3O2.ClH/c1-12-9-13(2)18(14(3)10-12)21-17(23)11-22(4)19(24)15-7-5-6-8-16(15)20;/h5-10H,11,20H2,1-4H3,(H,21,23);1H. The lowest BCUT2D eigenvalue weighted by molar-refractivity contribution is -0.116. The van der Waals surface area contributed by atoms with E-state index in [1.54, 1.807) is 31.3 Å². The van der Waals surface area contributed by atoms with Crippen LogP contribution in [0.25, 0.3) is 0 Å². The van der Waals surface area contributed by atoms with Crippen molar-refractivity contribution in [2.24, 2.45) is 0 Å². The molecule has 2 amide bonds. The quantitative estimate of drug-likeness (QED) is 0.820. The van der Waals surface area contributed by atoms with E-state index in [9.17, 15) is 9.59 Å². The van der Waals surface area contributed by atoms with Gasteiger partial charge in [0, 0.05) is 18.4 Å². The third kappa shape index (κ3) is 4.97. The molecule has 3 N–H and O–H groups in total. The van der Waals surface area contributed by atoms with Crippen LogP contribution in [0.4, 0.5) is 11.4 Å². The van der Waals surface area contributed by atoms with Gasteiger partial charge in [0.15, 0.2) is 0 Å². The summed E-state index contributed by atoms with van der Waals surface area (Å²) in [6, 6.07) is 10.9. The molecule has 0 saturated heterocycles. The highest BCUT2D eigenvalue weighted by Gasteiger charge is 2.17. The second-order valence-electron chi connectivity index (χ2n) is 6.07. The molecule has 0 fully saturated rings. The number of amides is 2. The van der Waals surface area contributed by atoms with Gasteiger partial charge in [-0.2, -0.15) is 0 Å². The van der Waals surface area contributed by atoms with Gasteiger partial charge in [0.2, 0.25) is 5.91 Å². The van der Waals surface area contributed by atoms with Gasteiger partial charge in [0.25, 0.3) is 5.91 Å². The maximum Gasteiger partial charge on any atom is 0.256 e. The number of nitrogens with one attached hydrogen (secondary N) is 1. The third-order valence-electron chi connectivity index (χ3n) is 3.86. The van der Waals surface area contributed by atoms with Crippen LogP contribution in [0.5, 0.6) is 0 Å². The van der Waals surface area contributed by atoms with Crippen LogP contribution in [0.2, 0.25) is 0 Å². The van der Waals surface area contributed by atoms with Crippen molar-refractivity contribution < 1.29 is 9.59 Å². The van der Waals surface area contributed by atoms with E-state index in [-0.39, 0.29) is 30.8 Å². The fourth-order valence-corrected chi connectivity index (χ4v) is 2.74. The van der Waals surface area contributed by atoms with Crippen molar-refractivity contribution in [1.29, 1.82) is 0 Å². The molecule has 2 rings (SSSR count). The van der Waals surface area contributed by atoms with Crippen LogP contribution in [0.1, 0.15) is 27.0 Å². The molecule has 25 heavy (non-hydrogen) atoms. The number of halogens is 1. The molecule has 0 heterocycles. The molecule has 0 saturated carbocycles. The van der Waals surface area contributed by atoms with Gasteiger partial charge in [-0.1, -0.05) is 29.8 Å². The van der Waals surface area contributed by atoms with Gasteiger partial charge in [-0.3, -0.25) is 9.59 Å². The predicted molar refractivity (Wildman–Crippen MR) is 104 cm³/mol. The third-order valence-corrected chi connectivity index (χ3v) is 3.86. The number of anilines is 2. The van der Waals surface area contributed by atoms with Crippen molar-refractivity contribution in [3.63, 3.8) is 0 Å².